The van der Waals surface area contributed by atoms with Gasteiger partial charge >= 0.3 is 0 Å². The van der Waals surface area contributed by atoms with E-state index in [1.54, 1.807) is 18.4 Å². The summed E-state index contributed by atoms with van der Waals surface area (Å²) in [4.78, 5) is 10.5. The van der Waals surface area contributed by atoms with Crippen molar-refractivity contribution in [3.05, 3.63) is 66.7 Å². The molecule has 5 rings (SSSR count). The molecule has 0 bridgehead atoms. The molecule has 0 fully saturated rings. The maximum Gasteiger partial charge on any atom is 0.175 e. The van der Waals surface area contributed by atoms with Crippen LogP contribution in [0.2, 0.25) is 0 Å². The second kappa shape index (κ2) is 7.27. The molecule has 5 aromatic rings. The Bertz CT molecular complexity index is 1380. The second-order valence-electron chi connectivity index (χ2n) is 6.49. The molecule has 2 heterocycles. The number of hydrogen-bond donors (Lipinski definition) is 2. The van der Waals surface area contributed by atoms with Gasteiger partial charge in [-0.2, -0.15) is 0 Å². The van der Waals surface area contributed by atoms with Crippen LogP contribution in [0.5, 0.6) is 5.75 Å². The van der Waals surface area contributed by atoms with E-state index in [0.29, 0.717) is 5.11 Å². The van der Waals surface area contributed by atoms with Crippen LogP contribution in [0.1, 0.15) is 0 Å². The summed E-state index contributed by atoms with van der Waals surface area (Å²) >= 11 is 7.12. The maximum absolute atomic E-state index is 5.47. The van der Waals surface area contributed by atoms with E-state index in [9.17, 15) is 0 Å². The third kappa shape index (κ3) is 3.46. The normalized spacial score (nSPS) is 11.1. The van der Waals surface area contributed by atoms with Crippen molar-refractivity contribution in [3.8, 4) is 5.75 Å². The zero-order chi connectivity index (χ0) is 19.8. The Balaban J connectivity index is 1.46. The minimum Gasteiger partial charge on any atom is -0.497 e. The Morgan fingerprint density at radius 3 is 2.45 bits per heavy atom. The summed E-state index contributed by atoms with van der Waals surface area (Å²) in [5, 5.41) is 8.01. The van der Waals surface area contributed by atoms with Gasteiger partial charge in [-0.25, -0.2) is 9.97 Å². The molecule has 0 unspecified atom stereocenters. The number of methoxy groups -OCH3 is 1. The summed E-state index contributed by atoms with van der Waals surface area (Å²) in [5.41, 5.74) is 4.48. The van der Waals surface area contributed by atoms with Crippen LogP contribution in [0, 0.1) is 0 Å². The van der Waals surface area contributed by atoms with Crippen LogP contribution in [-0.2, 0) is 0 Å². The Morgan fingerprint density at radius 1 is 0.897 bits per heavy atom. The van der Waals surface area contributed by atoms with Gasteiger partial charge in [0.2, 0.25) is 0 Å². The lowest BCUT2D eigenvalue weighted by Crippen LogP contribution is -2.18. The molecule has 0 aliphatic heterocycles. The van der Waals surface area contributed by atoms with E-state index in [1.807, 2.05) is 54.6 Å². The number of benzene rings is 3. The number of thiocarbonyl (C=S) groups is 1. The Kier molecular flexibility index (Phi) is 4.46. The number of nitrogens with zero attached hydrogens (tertiary/aromatic N) is 2. The summed E-state index contributed by atoms with van der Waals surface area (Å²) in [6.07, 6.45) is 0. The Morgan fingerprint density at radius 2 is 1.66 bits per heavy atom. The van der Waals surface area contributed by atoms with E-state index in [-0.39, 0.29) is 0 Å². The van der Waals surface area contributed by atoms with Crippen LogP contribution in [0.4, 0.5) is 11.4 Å². The Labute approximate surface area is 176 Å². The molecule has 0 spiro atoms. The number of anilines is 2. The van der Waals surface area contributed by atoms with Gasteiger partial charge < -0.3 is 15.4 Å². The van der Waals surface area contributed by atoms with Crippen molar-refractivity contribution in [2.24, 2.45) is 0 Å². The van der Waals surface area contributed by atoms with Crippen LogP contribution in [-0.4, -0.2) is 22.2 Å². The lowest BCUT2D eigenvalue weighted by molar-refractivity contribution is 0.415. The van der Waals surface area contributed by atoms with Crippen molar-refractivity contribution < 1.29 is 4.74 Å². The zero-order valence-electron chi connectivity index (χ0n) is 15.5. The van der Waals surface area contributed by atoms with Gasteiger partial charge in [-0.1, -0.05) is 18.2 Å². The highest BCUT2D eigenvalue weighted by Crippen LogP contribution is 2.34. The minimum absolute atomic E-state index is 0.508. The highest BCUT2D eigenvalue weighted by Gasteiger charge is 2.11. The number of nitrogens with one attached hydrogen (secondary N) is 2. The lowest BCUT2D eigenvalue weighted by Gasteiger charge is -2.11. The number of aromatic nitrogens is 2. The van der Waals surface area contributed by atoms with Crippen LogP contribution in [0.3, 0.4) is 0 Å². The van der Waals surface area contributed by atoms with Crippen LogP contribution in [0.15, 0.2) is 66.7 Å². The number of para-hydroxylation sites is 2. The van der Waals surface area contributed by atoms with E-state index >= 15 is 0 Å². The third-order valence-corrected chi connectivity index (χ3v) is 5.82. The van der Waals surface area contributed by atoms with Gasteiger partial charge in [0.1, 0.15) is 16.1 Å². The van der Waals surface area contributed by atoms with E-state index < -0.39 is 0 Å². The predicted molar refractivity (Wildman–Crippen MR) is 125 cm³/mol. The summed E-state index contributed by atoms with van der Waals surface area (Å²) in [5.74, 6) is 0.773. The van der Waals surface area contributed by atoms with Gasteiger partial charge in [0, 0.05) is 27.5 Å². The van der Waals surface area contributed by atoms with Crippen LogP contribution < -0.4 is 15.4 Å². The molecule has 142 valence electrons. The molecule has 29 heavy (non-hydrogen) atoms. The molecule has 2 aromatic heterocycles. The zero-order valence-corrected chi connectivity index (χ0v) is 17.1. The average Bonchev–Trinajstić information content (AvgIpc) is 3.09. The first-order valence-electron chi connectivity index (χ1n) is 9.01. The van der Waals surface area contributed by atoms with Gasteiger partial charge in [-0.3, -0.25) is 0 Å². The van der Waals surface area contributed by atoms with Gasteiger partial charge in [-0.05, 0) is 54.7 Å². The van der Waals surface area contributed by atoms with Gasteiger partial charge in [0.25, 0.3) is 0 Å². The standard InChI is InChI=1S/C22H16N4OS2/c1-27-15-6-4-5-13(11-15)23-22(28)24-14-9-10-19-16(12-14)20-21(29-19)26-18-8-3-2-7-17(18)25-20/h2-12H,1H3,(H2,23,24,28). The van der Waals surface area contributed by atoms with E-state index in [4.69, 9.17) is 26.9 Å². The molecule has 7 heteroatoms. The fourth-order valence-electron chi connectivity index (χ4n) is 3.21. The molecular formula is C22H16N4OS2. The van der Waals surface area contributed by atoms with Crippen molar-refractivity contribution in [1.82, 2.24) is 9.97 Å². The average molecular weight is 417 g/mol. The molecule has 3 aromatic carbocycles. The lowest BCUT2D eigenvalue weighted by atomic mass is 10.2. The minimum atomic E-state index is 0.508. The molecule has 0 saturated carbocycles. The third-order valence-electron chi connectivity index (χ3n) is 4.57. The smallest absolute Gasteiger partial charge is 0.175 e. The van der Waals surface area contributed by atoms with Crippen LogP contribution in [0.25, 0.3) is 31.5 Å². The predicted octanol–water partition coefficient (Wildman–Crippen LogP) is 5.82. The van der Waals surface area contributed by atoms with Crippen molar-refractivity contribution in [2.45, 2.75) is 0 Å². The Hall–Kier alpha value is -3.29. The number of fused-ring (bicyclic) bond motifs is 4. The number of hydrogen-bond acceptors (Lipinski definition) is 5. The highest BCUT2D eigenvalue weighted by molar-refractivity contribution is 7.80. The maximum atomic E-state index is 5.47. The largest absolute Gasteiger partial charge is 0.497 e. The van der Waals surface area contributed by atoms with Crippen molar-refractivity contribution in [2.75, 3.05) is 17.7 Å². The van der Waals surface area contributed by atoms with Crippen molar-refractivity contribution in [1.29, 1.82) is 0 Å². The quantitative estimate of drug-likeness (QED) is 0.362. The molecule has 0 aliphatic rings. The molecule has 0 radical (unpaired) electrons. The summed E-state index contributed by atoms with van der Waals surface area (Å²) < 4.78 is 6.40. The van der Waals surface area contributed by atoms with E-state index in [1.165, 1.54) is 0 Å². The SMILES string of the molecule is COc1cccc(NC(=S)Nc2ccc3sc4nc5ccccc5nc4c3c2)c1. The molecule has 0 amide bonds. The van der Waals surface area contributed by atoms with Gasteiger partial charge in [-0.15, -0.1) is 11.3 Å². The fraction of sp³-hybridized carbons (Fsp3) is 0.0455. The number of ether oxygens (including phenoxy) is 1. The van der Waals surface area contributed by atoms with Crippen molar-refractivity contribution >= 4 is 71.5 Å². The van der Waals surface area contributed by atoms with E-state index in [2.05, 4.69) is 22.8 Å². The fourth-order valence-corrected chi connectivity index (χ4v) is 4.45. The van der Waals surface area contributed by atoms with E-state index in [0.717, 1.165) is 48.6 Å². The monoisotopic (exact) mass is 416 g/mol. The molecule has 2 N–H and O–H groups in total. The number of thiophene rings is 1. The molecule has 0 saturated heterocycles. The highest BCUT2D eigenvalue weighted by atomic mass is 32.1. The van der Waals surface area contributed by atoms with Crippen molar-refractivity contribution in [3.63, 3.8) is 0 Å². The summed E-state index contributed by atoms with van der Waals surface area (Å²) in [7, 11) is 1.64. The second-order valence-corrected chi connectivity index (χ2v) is 7.93. The molecular weight excluding hydrogens is 400 g/mol. The van der Waals surface area contributed by atoms with Crippen LogP contribution >= 0.6 is 23.6 Å². The molecule has 0 aliphatic carbocycles. The summed E-state index contributed by atoms with van der Waals surface area (Å²) in [6, 6.07) is 21.7. The summed E-state index contributed by atoms with van der Waals surface area (Å²) in [6.45, 7) is 0. The first kappa shape index (κ1) is 17.8. The first-order valence-corrected chi connectivity index (χ1v) is 10.2. The first-order chi connectivity index (χ1) is 14.2. The number of rotatable bonds is 3. The van der Waals surface area contributed by atoms with Gasteiger partial charge in [0.05, 0.1) is 18.1 Å². The van der Waals surface area contributed by atoms with Gasteiger partial charge in [0.15, 0.2) is 5.11 Å². The molecule has 0 atom stereocenters. The topological polar surface area (TPSA) is 59.1 Å². The molecule has 5 nitrogen and oxygen atoms in total.